The van der Waals surface area contributed by atoms with E-state index in [1.54, 1.807) is 18.4 Å². The highest BCUT2D eigenvalue weighted by atomic mass is 32.1. The van der Waals surface area contributed by atoms with E-state index in [2.05, 4.69) is 26.6 Å². The Hall–Kier alpha value is -1.92. The van der Waals surface area contributed by atoms with Crippen molar-refractivity contribution in [2.24, 2.45) is 0 Å². The summed E-state index contributed by atoms with van der Waals surface area (Å²) in [6, 6.07) is 4.28. The number of thiazole rings is 1. The van der Waals surface area contributed by atoms with Gasteiger partial charge in [0.15, 0.2) is 4.96 Å². The molecule has 6 heteroatoms. The number of nitrogens with one attached hydrogen (secondary N) is 1. The van der Waals surface area contributed by atoms with Gasteiger partial charge in [-0.25, -0.2) is 0 Å². The van der Waals surface area contributed by atoms with E-state index in [1.807, 2.05) is 36.1 Å². The van der Waals surface area contributed by atoms with Crippen molar-refractivity contribution >= 4 is 16.3 Å². The van der Waals surface area contributed by atoms with Crippen molar-refractivity contribution in [2.45, 2.75) is 19.5 Å². The molecule has 0 saturated carbocycles. The second kappa shape index (κ2) is 5.60. The number of aromatic nitrogens is 3. The Morgan fingerprint density at radius 1 is 1.40 bits per heavy atom. The third-order valence-electron chi connectivity index (χ3n) is 3.30. The molecule has 0 unspecified atom stereocenters. The van der Waals surface area contributed by atoms with Crippen LogP contribution in [-0.4, -0.2) is 21.5 Å². The summed E-state index contributed by atoms with van der Waals surface area (Å²) in [7, 11) is 1.65. The minimum absolute atomic E-state index is 0.242. The van der Waals surface area contributed by atoms with Crippen molar-refractivity contribution in [2.75, 3.05) is 7.11 Å². The van der Waals surface area contributed by atoms with Gasteiger partial charge in [0.25, 0.3) is 0 Å². The normalized spacial score (nSPS) is 12.7. The Bertz CT molecular complexity index is 692. The van der Waals surface area contributed by atoms with Gasteiger partial charge in [0, 0.05) is 36.6 Å². The lowest BCUT2D eigenvalue weighted by Gasteiger charge is -2.14. The van der Waals surface area contributed by atoms with Crippen LogP contribution in [0, 0.1) is 0 Å². The van der Waals surface area contributed by atoms with E-state index in [0.717, 1.165) is 10.7 Å². The van der Waals surface area contributed by atoms with Gasteiger partial charge < -0.3 is 10.1 Å². The largest absolute Gasteiger partial charge is 0.480 e. The molecule has 0 aliphatic heterocycles. The molecular formula is C14H16N4OS. The number of hydrogen-bond acceptors (Lipinski definition) is 5. The van der Waals surface area contributed by atoms with Gasteiger partial charge >= 0.3 is 0 Å². The SMILES string of the molecule is COc1nc2sccn2c1CN[C@@H](C)c1ccncc1. The van der Waals surface area contributed by atoms with Crippen LogP contribution >= 0.6 is 11.3 Å². The van der Waals surface area contributed by atoms with Crippen LogP contribution in [0.5, 0.6) is 5.88 Å². The minimum atomic E-state index is 0.242. The molecule has 0 aromatic carbocycles. The van der Waals surface area contributed by atoms with Gasteiger partial charge in [-0.2, -0.15) is 4.98 Å². The Kier molecular flexibility index (Phi) is 3.66. The Morgan fingerprint density at radius 3 is 2.95 bits per heavy atom. The Morgan fingerprint density at radius 2 is 2.20 bits per heavy atom. The lowest BCUT2D eigenvalue weighted by atomic mass is 10.1. The smallest absolute Gasteiger partial charge is 0.237 e. The number of nitrogens with zero attached hydrogens (tertiary/aromatic N) is 3. The van der Waals surface area contributed by atoms with Crippen LogP contribution in [0.2, 0.25) is 0 Å². The molecule has 1 atom stereocenters. The molecule has 20 heavy (non-hydrogen) atoms. The molecule has 0 radical (unpaired) electrons. The molecule has 3 heterocycles. The molecule has 0 saturated heterocycles. The van der Waals surface area contributed by atoms with Crippen LogP contribution in [0.1, 0.15) is 24.2 Å². The van der Waals surface area contributed by atoms with Crippen LogP contribution < -0.4 is 10.1 Å². The molecule has 104 valence electrons. The van der Waals surface area contributed by atoms with Gasteiger partial charge in [-0.3, -0.25) is 9.38 Å². The third kappa shape index (κ3) is 2.39. The summed E-state index contributed by atoms with van der Waals surface area (Å²) in [6.45, 7) is 2.83. The van der Waals surface area contributed by atoms with Crippen LogP contribution in [0.4, 0.5) is 0 Å². The first-order valence-corrected chi connectivity index (χ1v) is 7.29. The van der Waals surface area contributed by atoms with E-state index in [-0.39, 0.29) is 6.04 Å². The zero-order chi connectivity index (χ0) is 13.9. The predicted molar refractivity (Wildman–Crippen MR) is 79.1 cm³/mol. The molecule has 0 bridgehead atoms. The zero-order valence-electron chi connectivity index (χ0n) is 11.4. The summed E-state index contributed by atoms with van der Waals surface area (Å²) in [6.07, 6.45) is 5.64. The molecule has 1 N–H and O–H groups in total. The second-order valence-corrected chi connectivity index (χ2v) is 5.38. The molecule has 0 spiro atoms. The van der Waals surface area contributed by atoms with E-state index < -0.39 is 0 Å². The van der Waals surface area contributed by atoms with Crippen LogP contribution in [0.15, 0.2) is 36.1 Å². The maximum absolute atomic E-state index is 5.35. The molecular weight excluding hydrogens is 272 g/mol. The number of fused-ring (bicyclic) bond motifs is 1. The fourth-order valence-electron chi connectivity index (χ4n) is 2.16. The Labute approximate surface area is 121 Å². The molecule has 3 rings (SSSR count). The maximum Gasteiger partial charge on any atom is 0.237 e. The van der Waals surface area contributed by atoms with E-state index in [0.29, 0.717) is 12.4 Å². The average molecular weight is 288 g/mol. The third-order valence-corrected chi connectivity index (χ3v) is 4.06. The van der Waals surface area contributed by atoms with E-state index in [1.165, 1.54) is 5.56 Å². The summed E-state index contributed by atoms with van der Waals surface area (Å²) in [5, 5.41) is 5.52. The first-order valence-electron chi connectivity index (χ1n) is 6.41. The highest BCUT2D eigenvalue weighted by Crippen LogP contribution is 2.23. The van der Waals surface area contributed by atoms with Crippen molar-refractivity contribution in [3.8, 4) is 5.88 Å². The van der Waals surface area contributed by atoms with Crippen molar-refractivity contribution in [3.63, 3.8) is 0 Å². The fourth-order valence-corrected chi connectivity index (χ4v) is 2.88. The second-order valence-electron chi connectivity index (χ2n) is 4.51. The summed E-state index contributed by atoms with van der Waals surface area (Å²) in [4.78, 5) is 9.44. The maximum atomic E-state index is 5.35. The monoisotopic (exact) mass is 288 g/mol. The standard InChI is InChI=1S/C14H16N4OS/c1-10(11-3-5-15-6-4-11)16-9-12-13(19-2)17-14-18(12)7-8-20-14/h3-8,10,16H,9H2,1-2H3/t10-/m0/s1. The molecule has 5 nitrogen and oxygen atoms in total. The predicted octanol–water partition coefficient (Wildman–Crippen LogP) is 2.65. The summed E-state index contributed by atoms with van der Waals surface area (Å²) >= 11 is 1.60. The zero-order valence-corrected chi connectivity index (χ0v) is 12.2. The van der Waals surface area contributed by atoms with Crippen LogP contribution in [0.3, 0.4) is 0 Å². The molecule has 0 fully saturated rings. The van der Waals surface area contributed by atoms with Gasteiger partial charge in [0.1, 0.15) is 5.69 Å². The number of ether oxygens (including phenoxy) is 1. The first-order chi connectivity index (χ1) is 9.79. The fraction of sp³-hybridized carbons (Fsp3) is 0.286. The van der Waals surface area contributed by atoms with E-state index >= 15 is 0 Å². The highest BCUT2D eigenvalue weighted by Gasteiger charge is 2.14. The average Bonchev–Trinajstić information content (AvgIpc) is 3.06. The summed E-state index contributed by atoms with van der Waals surface area (Å²) in [5.41, 5.74) is 2.26. The highest BCUT2D eigenvalue weighted by molar-refractivity contribution is 7.15. The molecule has 0 aliphatic carbocycles. The molecule has 3 aromatic rings. The van der Waals surface area contributed by atoms with Crippen molar-refractivity contribution in [1.29, 1.82) is 0 Å². The van der Waals surface area contributed by atoms with E-state index in [9.17, 15) is 0 Å². The topological polar surface area (TPSA) is 51.5 Å². The van der Waals surface area contributed by atoms with Crippen LogP contribution in [0.25, 0.3) is 4.96 Å². The quantitative estimate of drug-likeness (QED) is 0.784. The van der Waals surface area contributed by atoms with Crippen molar-refractivity contribution in [1.82, 2.24) is 19.7 Å². The van der Waals surface area contributed by atoms with Gasteiger partial charge in [0.05, 0.1) is 7.11 Å². The summed E-state index contributed by atoms with van der Waals surface area (Å²) < 4.78 is 7.42. The number of pyridine rings is 1. The number of imidazole rings is 1. The number of rotatable bonds is 5. The minimum Gasteiger partial charge on any atom is -0.480 e. The van der Waals surface area contributed by atoms with Crippen molar-refractivity contribution in [3.05, 3.63) is 47.4 Å². The van der Waals surface area contributed by atoms with Crippen LogP contribution in [-0.2, 0) is 6.54 Å². The molecule has 3 aromatic heterocycles. The lowest BCUT2D eigenvalue weighted by molar-refractivity contribution is 0.391. The lowest BCUT2D eigenvalue weighted by Crippen LogP contribution is -2.19. The summed E-state index contributed by atoms with van der Waals surface area (Å²) in [5.74, 6) is 0.686. The van der Waals surface area contributed by atoms with Gasteiger partial charge in [-0.15, -0.1) is 11.3 Å². The number of hydrogen-bond donors (Lipinski definition) is 1. The Balaban J connectivity index is 1.78. The molecule has 0 amide bonds. The van der Waals surface area contributed by atoms with Gasteiger partial charge in [-0.05, 0) is 24.6 Å². The van der Waals surface area contributed by atoms with Gasteiger partial charge in [0.2, 0.25) is 5.88 Å². The molecule has 0 aliphatic rings. The van der Waals surface area contributed by atoms with Crippen molar-refractivity contribution < 1.29 is 4.74 Å². The number of methoxy groups -OCH3 is 1. The van der Waals surface area contributed by atoms with Gasteiger partial charge in [-0.1, -0.05) is 0 Å². The van der Waals surface area contributed by atoms with E-state index in [4.69, 9.17) is 4.74 Å². The first kappa shape index (κ1) is 13.1.